The molecule has 0 atom stereocenters. The van der Waals surface area contributed by atoms with Gasteiger partial charge < -0.3 is 14.2 Å². The number of carbonyl (C=O) groups excluding carboxylic acids is 1. The number of hydrogen-bond acceptors (Lipinski definition) is 6. The van der Waals surface area contributed by atoms with E-state index in [0.29, 0.717) is 11.5 Å². The molecule has 0 unspecified atom stereocenters. The van der Waals surface area contributed by atoms with Crippen LogP contribution in [-0.4, -0.2) is 25.1 Å². The molecule has 0 saturated heterocycles. The van der Waals surface area contributed by atoms with Crippen LogP contribution in [0.5, 0.6) is 17.2 Å². The zero-order valence-corrected chi connectivity index (χ0v) is 11.9. The third kappa shape index (κ3) is 3.14. The maximum atomic E-state index is 12.1. The zero-order chi connectivity index (χ0) is 16.1. The Morgan fingerprint density at radius 3 is 2.00 bits per heavy atom. The molecule has 114 valence electrons. The number of nitro benzene ring substituents is 1. The molecular formula is C15H13NO6. The molecule has 7 heteroatoms. The van der Waals surface area contributed by atoms with E-state index in [2.05, 4.69) is 0 Å². The number of nitrogens with zero attached hydrogens (tertiary/aromatic N) is 1. The monoisotopic (exact) mass is 303 g/mol. The van der Waals surface area contributed by atoms with E-state index in [4.69, 9.17) is 14.2 Å². The van der Waals surface area contributed by atoms with Crippen molar-refractivity contribution in [3.63, 3.8) is 0 Å². The second kappa shape index (κ2) is 6.57. The lowest BCUT2D eigenvalue weighted by Gasteiger charge is -2.12. The van der Waals surface area contributed by atoms with Gasteiger partial charge in [-0.05, 0) is 24.3 Å². The molecular weight excluding hydrogens is 290 g/mol. The molecule has 2 rings (SSSR count). The van der Waals surface area contributed by atoms with Crippen molar-refractivity contribution in [2.45, 2.75) is 0 Å². The summed E-state index contributed by atoms with van der Waals surface area (Å²) in [6, 6.07) is 10.1. The lowest BCUT2D eigenvalue weighted by atomic mass is 10.2. The molecule has 0 radical (unpaired) electrons. The first-order valence-electron chi connectivity index (χ1n) is 6.24. The summed E-state index contributed by atoms with van der Waals surface area (Å²) in [7, 11) is 2.88. The second-order valence-electron chi connectivity index (χ2n) is 4.19. The Kier molecular flexibility index (Phi) is 4.57. The van der Waals surface area contributed by atoms with Crippen LogP contribution in [0, 0.1) is 10.1 Å². The average molecular weight is 303 g/mol. The van der Waals surface area contributed by atoms with E-state index >= 15 is 0 Å². The summed E-state index contributed by atoms with van der Waals surface area (Å²) in [6.07, 6.45) is 0. The Morgan fingerprint density at radius 2 is 1.55 bits per heavy atom. The van der Waals surface area contributed by atoms with Crippen molar-refractivity contribution in [3.05, 3.63) is 58.1 Å². The van der Waals surface area contributed by atoms with Gasteiger partial charge in [-0.25, -0.2) is 4.79 Å². The van der Waals surface area contributed by atoms with Crippen LogP contribution in [0.25, 0.3) is 0 Å². The molecule has 0 aromatic heterocycles. The van der Waals surface area contributed by atoms with Gasteiger partial charge >= 0.3 is 5.97 Å². The summed E-state index contributed by atoms with van der Waals surface area (Å²) in [5, 5.41) is 10.6. The quantitative estimate of drug-likeness (QED) is 0.365. The molecule has 0 aliphatic heterocycles. The minimum atomic E-state index is -0.669. The predicted octanol–water partition coefficient (Wildman–Crippen LogP) is 2.83. The van der Waals surface area contributed by atoms with Crippen molar-refractivity contribution in [1.29, 1.82) is 0 Å². The molecule has 0 saturated carbocycles. The van der Waals surface area contributed by atoms with Crippen LogP contribution in [0.3, 0.4) is 0 Å². The van der Waals surface area contributed by atoms with Gasteiger partial charge in [-0.15, -0.1) is 0 Å². The van der Waals surface area contributed by atoms with E-state index in [1.54, 1.807) is 18.2 Å². The number of non-ortho nitro benzene ring substituents is 1. The first kappa shape index (κ1) is 15.3. The van der Waals surface area contributed by atoms with Crippen LogP contribution in [0.4, 0.5) is 5.69 Å². The molecule has 0 N–H and O–H groups in total. The van der Waals surface area contributed by atoms with Crippen LogP contribution in [0.1, 0.15) is 10.4 Å². The molecule has 0 aliphatic rings. The number of carbonyl (C=O) groups is 1. The van der Waals surface area contributed by atoms with Crippen molar-refractivity contribution < 1.29 is 23.9 Å². The molecule has 2 aromatic carbocycles. The van der Waals surface area contributed by atoms with E-state index in [-0.39, 0.29) is 17.0 Å². The van der Waals surface area contributed by atoms with Crippen molar-refractivity contribution in [3.8, 4) is 17.2 Å². The Bertz CT molecular complexity index is 673. The van der Waals surface area contributed by atoms with Gasteiger partial charge in [-0.3, -0.25) is 10.1 Å². The van der Waals surface area contributed by atoms with Crippen molar-refractivity contribution in [2.24, 2.45) is 0 Å². The van der Waals surface area contributed by atoms with Crippen LogP contribution >= 0.6 is 0 Å². The normalized spacial score (nSPS) is 9.91. The highest BCUT2D eigenvalue weighted by atomic mass is 16.6. The number of rotatable bonds is 5. The van der Waals surface area contributed by atoms with Gasteiger partial charge in [0.25, 0.3) is 5.69 Å². The lowest BCUT2D eigenvalue weighted by molar-refractivity contribution is -0.384. The first-order chi connectivity index (χ1) is 10.6. The fourth-order valence-corrected chi connectivity index (χ4v) is 1.79. The maximum Gasteiger partial charge on any atom is 0.343 e. The summed E-state index contributed by atoms with van der Waals surface area (Å²) in [4.78, 5) is 22.2. The summed E-state index contributed by atoms with van der Waals surface area (Å²) >= 11 is 0. The van der Waals surface area contributed by atoms with Gasteiger partial charge in [0.15, 0.2) is 11.5 Å². The van der Waals surface area contributed by atoms with Gasteiger partial charge in [0.1, 0.15) is 0 Å². The Hall–Kier alpha value is -3.09. The van der Waals surface area contributed by atoms with E-state index < -0.39 is 10.9 Å². The molecule has 7 nitrogen and oxygen atoms in total. The number of benzene rings is 2. The van der Waals surface area contributed by atoms with Crippen molar-refractivity contribution in [2.75, 3.05) is 14.2 Å². The largest absolute Gasteiger partial charge is 0.493 e. The minimum absolute atomic E-state index is 0.105. The third-order valence-electron chi connectivity index (χ3n) is 2.89. The fraction of sp³-hybridized carbons (Fsp3) is 0.133. The maximum absolute atomic E-state index is 12.1. The average Bonchev–Trinajstić information content (AvgIpc) is 2.55. The first-order valence-corrected chi connectivity index (χ1v) is 6.24. The lowest BCUT2D eigenvalue weighted by Crippen LogP contribution is -2.10. The molecule has 0 amide bonds. The summed E-state index contributed by atoms with van der Waals surface area (Å²) in [5.74, 6) is 0.165. The van der Waals surface area contributed by atoms with E-state index in [9.17, 15) is 14.9 Å². The third-order valence-corrected chi connectivity index (χ3v) is 2.89. The molecule has 0 heterocycles. The zero-order valence-electron chi connectivity index (χ0n) is 11.9. The van der Waals surface area contributed by atoms with Gasteiger partial charge in [0.2, 0.25) is 5.75 Å². The van der Waals surface area contributed by atoms with Crippen LogP contribution in [-0.2, 0) is 0 Å². The molecule has 0 fully saturated rings. The summed E-state index contributed by atoms with van der Waals surface area (Å²) < 4.78 is 15.5. The number of hydrogen-bond donors (Lipinski definition) is 0. The molecule has 2 aromatic rings. The van der Waals surface area contributed by atoms with Crippen LogP contribution in [0.15, 0.2) is 42.5 Å². The Labute approximate surface area is 126 Å². The van der Waals surface area contributed by atoms with Gasteiger partial charge in [0.05, 0.1) is 24.7 Å². The number of esters is 1. The SMILES string of the molecule is COc1cccc(OC)c1OC(=O)c1ccc([N+](=O)[O-])cc1. The number of methoxy groups -OCH3 is 2. The fourth-order valence-electron chi connectivity index (χ4n) is 1.79. The van der Waals surface area contributed by atoms with Gasteiger partial charge in [-0.1, -0.05) is 6.07 Å². The highest BCUT2D eigenvalue weighted by Gasteiger charge is 2.17. The summed E-state index contributed by atoms with van der Waals surface area (Å²) in [6.45, 7) is 0. The van der Waals surface area contributed by atoms with Crippen molar-refractivity contribution in [1.82, 2.24) is 0 Å². The number of para-hydroxylation sites is 1. The predicted molar refractivity (Wildman–Crippen MR) is 77.6 cm³/mol. The van der Waals surface area contributed by atoms with Crippen LogP contribution < -0.4 is 14.2 Å². The number of ether oxygens (including phenoxy) is 3. The molecule has 0 spiro atoms. The smallest absolute Gasteiger partial charge is 0.343 e. The Balaban J connectivity index is 2.27. The Morgan fingerprint density at radius 1 is 1.00 bits per heavy atom. The minimum Gasteiger partial charge on any atom is -0.493 e. The van der Waals surface area contributed by atoms with Crippen LogP contribution in [0.2, 0.25) is 0 Å². The van der Waals surface area contributed by atoms with E-state index in [0.717, 1.165) is 0 Å². The van der Waals surface area contributed by atoms with Gasteiger partial charge in [-0.2, -0.15) is 0 Å². The molecule has 0 bridgehead atoms. The van der Waals surface area contributed by atoms with Gasteiger partial charge in [0, 0.05) is 12.1 Å². The second-order valence-corrected chi connectivity index (χ2v) is 4.19. The highest BCUT2D eigenvalue weighted by Crippen LogP contribution is 2.37. The van der Waals surface area contributed by atoms with Crippen molar-refractivity contribution >= 4 is 11.7 Å². The van der Waals surface area contributed by atoms with E-state index in [1.165, 1.54) is 38.5 Å². The number of nitro groups is 1. The van der Waals surface area contributed by atoms with E-state index in [1.807, 2.05) is 0 Å². The summed E-state index contributed by atoms with van der Waals surface area (Å²) in [5.41, 5.74) is 0.0741. The highest BCUT2D eigenvalue weighted by molar-refractivity contribution is 5.92. The standard InChI is InChI=1S/C15H13NO6/c1-20-12-4-3-5-13(21-2)14(12)22-15(17)10-6-8-11(9-7-10)16(18)19/h3-9H,1-2H3. The molecule has 0 aliphatic carbocycles. The topological polar surface area (TPSA) is 87.9 Å². The molecule has 22 heavy (non-hydrogen) atoms.